The molecule has 3 amide bonds. The molecule has 146 valence electrons. The van der Waals surface area contributed by atoms with Crippen molar-refractivity contribution in [2.45, 2.75) is 6.54 Å². The molecule has 0 aliphatic rings. The summed E-state index contributed by atoms with van der Waals surface area (Å²) in [6.07, 6.45) is 3.22. The van der Waals surface area contributed by atoms with Crippen LogP contribution in [0.1, 0.15) is 15.9 Å². The van der Waals surface area contributed by atoms with Crippen LogP contribution in [0.2, 0.25) is 0 Å². The van der Waals surface area contributed by atoms with Crippen LogP contribution in [-0.4, -0.2) is 22.7 Å². The number of rotatable bonds is 5. The number of hydrogen-bond acceptors (Lipinski definition) is 5. The molecule has 0 fully saturated rings. The van der Waals surface area contributed by atoms with E-state index in [9.17, 15) is 14.4 Å². The van der Waals surface area contributed by atoms with Crippen molar-refractivity contribution in [2.24, 2.45) is 0 Å². The molecule has 3 rings (SSSR count). The van der Waals surface area contributed by atoms with Crippen LogP contribution in [0.15, 0.2) is 73.1 Å². The SMILES string of the molecule is Nc1ccccc1NC(=O)c1ccc(NC(=O)C(=O)NCc2cccnc2)cc1. The smallest absolute Gasteiger partial charge is 0.313 e. The van der Waals surface area contributed by atoms with E-state index < -0.39 is 11.8 Å². The standard InChI is InChI=1S/C21H19N5O3/c22-17-5-1-2-6-18(17)26-19(27)15-7-9-16(10-8-15)25-21(29)20(28)24-13-14-4-3-11-23-12-14/h1-12H,13,22H2,(H,24,28)(H,25,29)(H,26,27). The van der Waals surface area contributed by atoms with Crippen molar-refractivity contribution in [1.82, 2.24) is 10.3 Å². The third-order valence-corrected chi connectivity index (χ3v) is 4.00. The molecule has 1 heterocycles. The van der Waals surface area contributed by atoms with E-state index in [0.717, 1.165) is 5.56 Å². The number of benzene rings is 2. The van der Waals surface area contributed by atoms with E-state index in [1.165, 1.54) is 24.3 Å². The fourth-order valence-corrected chi connectivity index (χ4v) is 2.46. The van der Waals surface area contributed by atoms with Crippen LogP contribution >= 0.6 is 0 Å². The number of carbonyl (C=O) groups excluding carboxylic acids is 3. The molecule has 29 heavy (non-hydrogen) atoms. The number of hydrogen-bond donors (Lipinski definition) is 4. The molecule has 0 atom stereocenters. The van der Waals surface area contributed by atoms with Gasteiger partial charge in [0.25, 0.3) is 5.91 Å². The highest BCUT2D eigenvalue weighted by Crippen LogP contribution is 2.18. The van der Waals surface area contributed by atoms with Gasteiger partial charge in [0.15, 0.2) is 0 Å². The van der Waals surface area contributed by atoms with Gasteiger partial charge >= 0.3 is 11.8 Å². The zero-order valence-corrected chi connectivity index (χ0v) is 15.4. The zero-order valence-electron chi connectivity index (χ0n) is 15.4. The van der Waals surface area contributed by atoms with E-state index in [4.69, 9.17) is 5.73 Å². The van der Waals surface area contributed by atoms with Gasteiger partial charge < -0.3 is 21.7 Å². The maximum atomic E-state index is 12.3. The molecule has 0 aliphatic heterocycles. The number of carbonyl (C=O) groups is 3. The van der Waals surface area contributed by atoms with Crippen LogP contribution in [0.3, 0.4) is 0 Å². The Bertz CT molecular complexity index is 1020. The van der Waals surface area contributed by atoms with Gasteiger partial charge in [-0.15, -0.1) is 0 Å². The van der Waals surface area contributed by atoms with Crippen molar-refractivity contribution in [3.63, 3.8) is 0 Å². The largest absolute Gasteiger partial charge is 0.397 e. The molecule has 0 spiro atoms. The van der Waals surface area contributed by atoms with Gasteiger partial charge in [-0.05, 0) is 48.0 Å². The molecule has 0 bridgehead atoms. The van der Waals surface area contributed by atoms with Gasteiger partial charge in [0.2, 0.25) is 0 Å². The Balaban J connectivity index is 1.54. The predicted octanol–water partition coefficient (Wildman–Crippen LogP) is 2.17. The van der Waals surface area contributed by atoms with E-state index in [1.807, 2.05) is 0 Å². The van der Waals surface area contributed by atoms with Gasteiger partial charge in [0.05, 0.1) is 11.4 Å². The maximum Gasteiger partial charge on any atom is 0.313 e. The summed E-state index contributed by atoms with van der Waals surface area (Å²) in [6.45, 7) is 0.196. The number of pyridine rings is 1. The Morgan fingerprint density at radius 1 is 0.862 bits per heavy atom. The van der Waals surface area contributed by atoms with E-state index >= 15 is 0 Å². The first-order chi connectivity index (χ1) is 14.0. The first kappa shape index (κ1) is 19.6. The number of nitrogens with one attached hydrogen (secondary N) is 3. The second-order valence-electron chi connectivity index (χ2n) is 6.12. The van der Waals surface area contributed by atoms with Crippen LogP contribution in [0.5, 0.6) is 0 Å². The monoisotopic (exact) mass is 389 g/mol. The van der Waals surface area contributed by atoms with Crippen molar-refractivity contribution in [1.29, 1.82) is 0 Å². The molecule has 0 saturated heterocycles. The molecule has 0 radical (unpaired) electrons. The maximum absolute atomic E-state index is 12.3. The zero-order chi connectivity index (χ0) is 20.6. The second kappa shape index (κ2) is 9.14. The Morgan fingerprint density at radius 2 is 1.62 bits per heavy atom. The van der Waals surface area contributed by atoms with Gasteiger partial charge in [0.1, 0.15) is 0 Å². The van der Waals surface area contributed by atoms with Crippen molar-refractivity contribution >= 4 is 34.8 Å². The highest BCUT2D eigenvalue weighted by atomic mass is 16.2. The summed E-state index contributed by atoms with van der Waals surface area (Å²) in [5.74, 6) is -1.91. The summed E-state index contributed by atoms with van der Waals surface area (Å²) in [7, 11) is 0. The lowest BCUT2D eigenvalue weighted by Gasteiger charge is -2.09. The lowest BCUT2D eigenvalue weighted by molar-refractivity contribution is -0.136. The van der Waals surface area contributed by atoms with Crippen molar-refractivity contribution in [3.8, 4) is 0 Å². The highest BCUT2D eigenvalue weighted by molar-refractivity contribution is 6.39. The predicted molar refractivity (Wildman–Crippen MR) is 110 cm³/mol. The van der Waals surface area contributed by atoms with Crippen LogP contribution < -0.4 is 21.7 Å². The van der Waals surface area contributed by atoms with E-state index in [2.05, 4.69) is 20.9 Å². The number of amides is 3. The quantitative estimate of drug-likeness (QED) is 0.393. The fourth-order valence-electron chi connectivity index (χ4n) is 2.46. The molecule has 3 aromatic rings. The summed E-state index contributed by atoms with van der Waals surface area (Å²) in [5, 5.41) is 7.72. The minimum atomic E-state index is -0.803. The molecule has 0 saturated carbocycles. The van der Waals surface area contributed by atoms with Gasteiger partial charge in [-0.1, -0.05) is 18.2 Å². The number of nitrogens with two attached hydrogens (primary N) is 1. The topological polar surface area (TPSA) is 126 Å². The Kier molecular flexibility index (Phi) is 6.16. The van der Waals surface area contributed by atoms with Gasteiger partial charge in [-0.2, -0.15) is 0 Å². The van der Waals surface area contributed by atoms with Crippen LogP contribution in [0, 0.1) is 0 Å². The number of aromatic nitrogens is 1. The second-order valence-corrected chi connectivity index (χ2v) is 6.12. The molecule has 5 N–H and O–H groups in total. The first-order valence-corrected chi connectivity index (χ1v) is 8.77. The highest BCUT2D eigenvalue weighted by Gasteiger charge is 2.14. The molecular weight excluding hydrogens is 370 g/mol. The van der Waals surface area contributed by atoms with E-state index in [0.29, 0.717) is 22.6 Å². The third-order valence-electron chi connectivity index (χ3n) is 4.00. The van der Waals surface area contributed by atoms with Crippen molar-refractivity contribution < 1.29 is 14.4 Å². The molecule has 0 unspecified atom stereocenters. The lowest BCUT2D eigenvalue weighted by Crippen LogP contribution is -2.34. The minimum Gasteiger partial charge on any atom is -0.397 e. The number of nitrogen functional groups attached to an aromatic ring is 1. The number of para-hydroxylation sites is 2. The summed E-state index contributed by atoms with van der Waals surface area (Å²) in [6, 6.07) is 16.6. The Morgan fingerprint density at radius 3 is 2.31 bits per heavy atom. The number of anilines is 3. The van der Waals surface area contributed by atoms with E-state index in [1.54, 1.807) is 48.8 Å². The minimum absolute atomic E-state index is 0.196. The third kappa shape index (κ3) is 5.39. The van der Waals surface area contributed by atoms with Crippen LogP contribution in [0.25, 0.3) is 0 Å². The first-order valence-electron chi connectivity index (χ1n) is 8.77. The summed E-state index contributed by atoms with van der Waals surface area (Å²) in [5.41, 5.74) is 8.34. The average Bonchev–Trinajstić information content (AvgIpc) is 2.74. The van der Waals surface area contributed by atoms with Crippen molar-refractivity contribution in [2.75, 3.05) is 16.4 Å². The van der Waals surface area contributed by atoms with Gasteiger partial charge in [0, 0.05) is 30.2 Å². The summed E-state index contributed by atoms with van der Waals surface area (Å²) >= 11 is 0. The molecule has 1 aromatic heterocycles. The average molecular weight is 389 g/mol. The molecule has 2 aromatic carbocycles. The Hall–Kier alpha value is -4.20. The van der Waals surface area contributed by atoms with Crippen LogP contribution in [-0.2, 0) is 16.1 Å². The Labute approximate surface area is 167 Å². The van der Waals surface area contributed by atoms with E-state index in [-0.39, 0.29) is 12.5 Å². The van der Waals surface area contributed by atoms with Gasteiger partial charge in [-0.3, -0.25) is 19.4 Å². The summed E-state index contributed by atoms with van der Waals surface area (Å²) in [4.78, 5) is 40.2. The van der Waals surface area contributed by atoms with Gasteiger partial charge in [-0.25, -0.2) is 0 Å². The van der Waals surface area contributed by atoms with Crippen LogP contribution in [0.4, 0.5) is 17.1 Å². The molecule has 8 heteroatoms. The summed E-state index contributed by atoms with van der Waals surface area (Å²) < 4.78 is 0. The molecular formula is C21H19N5O3. The van der Waals surface area contributed by atoms with Crippen molar-refractivity contribution in [3.05, 3.63) is 84.2 Å². The molecule has 8 nitrogen and oxygen atoms in total. The molecule has 0 aliphatic carbocycles. The normalized spacial score (nSPS) is 10.1. The number of nitrogens with zero attached hydrogens (tertiary/aromatic N) is 1. The lowest BCUT2D eigenvalue weighted by atomic mass is 10.2. The fraction of sp³-hybridized carbons (Fsp3) is 0.0476.